The van der Waals surface area contributed by atoms with E-state index >= 15 is 0 Å². The lowest BCUT2D eigenvalue weighted by molar-refractivity contribution is -0.406. The topological polar surface area (TPSA) is 85.8 Å². The van der Waals surface area contributed by atoms with Crippen molar-refractivity contribution in [1.29, 1.82) is 0 Å². The molecule has 0 radical (unpaired) electrons. The molecule has 5 N–H and O–H groups in total. The summed E-state index contributed by atoms with van der Waals surface area (Å²) in [7, 11) is 0. The van der Waals surface area contributed by atoms with E-state index in [-0.39, 0.29) is 17.9 Å². The molecule has 0 spiro atoms. The monoisotopic (exact) mass is 328 g/mol. The van der Waals surface area contributed by atoms with Gasteiger partial charge in [0, 0.05) is 12.1 Å². The summed E-state index contributed by atoms with van der Waals surface area (Å²) in [6, 6.07) is 12.7. The van der Waals surface area contributed by atoms with Gasteiger partial charge in [0.15, 0.2) is 6.04 Å². The quantitative estimate of drug-likeness (QED) is 0.757. The van der Waals surface area contributed by atoms with Gasteiger partial charge in [-0.3, -0.25) is 9.59 Å². The molecule has 0 unspecified atom stereocenters. The van der Waals surface area contributed by atoms with Crippen LogP contribution in [0.25, 0.3) is 10.8 Å². The maximum Gasteiger partial charge on any atom is 0.278 e. The number of anilines is 1. The zero-order valence-electron chi connectivity index (χ0n) is 14.5. The van der Waals surface area contributed by atoms with Gasteiger partial charge in [0.05, 0.1) is 0 Å². The second-order valence-corrected chi connectivity index (χ2v) is 6.61. The average Bonchev–Trinajstić information content (AvgIpc) is 2.53. The first-order valence-corrected chi connectivity index (χ1v) is 8.30. The van der Waals surface area contributed by atoms with E-state index in [4.69, 9.17) is 0 Å². The lowest BCUT2D eigenvalue weighted by atomic mass is 10.0. The summed E-state index contributed by atoms with van der Waals surface area (Å²) in [5, 5.41) is 7.75. The Hall–Kier alpha value is -2.40. The molecule has 2 rings (SSSR count). The molecule has 0 heterocycles. The number of quaternary nitrogens is 1. The minimum absolute atomic E-state index is 0.190. The average molecular weight is 328 g/mol. The van der Waals surface area contributed by atoms with Gasteiger partial charge < -0.3 is 16.4 Å². The summed E-state index contributed by atoms with van der Waals surface area (Å²) in [6.45, 7) is 5.76. The Morgan fingerprint density at radius 2 is 1.67 bits per heavy atom. The summed E-state index contributed by atoms with van der Waals surface area (Å²) in [5.41, 5.74) is 4.58. The molecule has 2 atom stereocenters. The highest BCUT2D eigenvalue weighted by Gasteiger charge is 2.23. The highest BCUT2D eigenvalue weighted by Crippen LogP contribution is 2.18. The lowest BCUT2D eigenvalue weighted by Crippen LogP contribution is -2.68. The van der Waals surface area contributed by atoms with Crippen molar-refractivity contribution < 1.29 is 15.3 Å². The minimum Gasteiger partial charge on any atom is -0.347 e. The number of rotatable bonds is 6. The lowest BCUT2D eigenvalue weighted by Gasteiger charge is -2.17. The molecular formula is C19H26N3O2+. The van der Waals surface area contributed by atoms with E-state index in [2.05, 4.69) is 16.4 Å². The van der Waals surface area contributed by atoms with E-state index in [0.717, 1.165) is 10.8 Å². The van der Waals surface area contributed by atoms with E-state index in [0.29, 0.717) is 18.0 Å². The Balaban J connectivity index is 1.96. The first kappa shape index (κ1) is 17.9. The Kier molecular flexibility index (Phi) is 5.93. The molecule has 2 aromatic rings. The zero-order valence-corrected chi connectivity index (χ0v) is 14.5. The highest BCUT2D eigenvalue weighted by atomic mass is 16.2. The minimum atomic E-state index is -0.611. The van der Waals surface area contributed by atoms with Crippen molar-refractivity contribution in [2.24, 2.45) is 5.92 Å². The molecule has 0 bridgehead atoms. The number of amides is 2. The molecule has 24 heavy (non-hydrogen) atoms. The van der Waals surface area contributed by atoms with Crippen LogP contribution in [0.15, 0.2) is 42.5 Å². The number of fused-ring (bicyclic) bond motifs is 1. The normalized spacial score (nSPS) is 13.5. The summed E-state index contributed by atoms with van der Waals surface area (Å²) >= 11 is 0. The predicted molar refractivity (Wildman–Crippen MR) is 96.3 cm³/mol. The summed E-state index contributed by atoms with van der Waals surface area (Å²) in [4.78, 5) is 24.3. The number of hydrogen-bond donors (Lipinski definition) is 3. The molecule has 0 fully saturated rings. The molecular weight excluding hydrogens is 302 g/mol. The van der Waals surface area contributed by atoms with Crippen LogP contribution >= 0.6 is 0 Å². The molecule has 0 aliphatic carbocycles. The van der Waals surface area contributed by atoms with Gasteiger partial charge >= 0.3 is 0 Å². The molecule has 0 aromatic heterocycles. The summed E-state index contributed by atoms with van der Waals surface area (Å²) in [6.07, 6.45) is 0.699. The Morgan fingerprint density at radius 1 is 1.00 bits per heavy atom. The van der Waals surface area contributed by atoms with Gasteiger partial charge in [-0.2, -0.15) is 0 Å². The van der Waals surface area contributed by atoms with Gasteiger partial charge in [-0.05, 0) is 35.7 Å². The number of benzene rings is 2. The molecule has 0 saturated carbocycles. The van der Waals surface area contributed by atoms with Crippen LogP contribution in [-0.4, -0.2) is 23.9 Å². The standard InChI is InChI=1S/C19H25N3O2/c1-12(2)10-17(20)19(24)21-13(3)18(23)22-16-9-8-14-6-4-5-7-15(14)11-16/h4-9,11-13,17H,10,20H2,1-3H3,(H,21,24)(H,22,23)/p+1/t13-,17-/m0/s1. The molecule has 5 nitrogen and oxygen atoms in total. The smallest absolute Gasteiger partial charge is 0.278 e. The van der Waals surface area contributed by atoms with Gasteiger partial charge in [0.2, 0.25) is 5.91 Å². The van der Waals surface area contributed by atoms with Gasteiger partial charge in [-0.25, -0.2) is 0 Å². The van der Waals surface area contributed by atoms with E-state index in [9.17, 15) is 9.59 Å². The van der Waals surface area contributed by atoms with E-state index in [1.54, 1.807) is 6.92 Å². The third kappa shape index (κ3) is 4.80. The first-order valence-electron chi connectivity index (χ1n) is 8.30. The van der Waals surface area contributed by atoms with Crippen LogP contribution in [0.1, 0.15) is 27.2 Å². The molecule has 2 aromatic carbocycles. The SMILES string of the molecule is CC(C)C[C@H]([NH3+])C(=O)N[C@@H](C)C(=O)Nc1ccc2ccccc2c1. The van der Waals surface area contributed by atoms with Crippen LogP contribution in [-0.2, 0) is 9.59 Å². The van der Waals surface area contributed by atoms with Crippen molar-refractivity contribution in [3.8, 4) is 0 Å². The summed E-state index contributed by atoms with van der Waals surface area (Å²) < 4.78 is 0. The van der Waals surface area contributed by atoms with Crippen LogP contribution in [0.3, 0.4) is 0 Å². The predicted octanol–water partition coefficient (Wildman–Crippen LogP) is 1.94. The van der Waals surface area contributed by atoms with E-state index < -0.39 is 6.04 Å². The van der Waals surface area contributed by atoms with Crippen molar-refractivity contribution >= 4 is 28.3 Å². The van der Waals surface area contributed by atoms with Crippen molar-refractivity contribution in [3.05, 3.63) is 42.5 Å². The fourth-order valence-electron chi connectivity index (χ4n) is 2.59. The van der Waals surface area contributed by atoms with Crippen LogP contribution in [0.2, 0.25) is 0 Å². The number of hydrogen-bond acceptors (Lipinski definition) is 2. The Labute approximate surface area is 142 Å². The summed E-state index contributed by atoms with van der Waals surface area (Å²) in [5.74, 6) is -0.0415. The largest absolute Gasteiger partial charge is 0.347 e. The number of carbonyl (C=O) groups excluding carboxylic acids is 2. The van der Waals surface area contributed by atoms with Crippen LogP contribution in [0.4, 0.5) is 5.69 Å². The van der Waals surface area contributed by atoms with Crippen LogP contribution in [0, 0.1) is 5.92 Å². The fourth-order valence-corrected chi connectivity index (χ4v) is 2.59. The van der Waals surface area contributed by atoms with E-state index in [1.807, 2.05) is 56.3 Å². The van der Waals surface area contributed by atoms with Gasteiger partial charge in [0.25, 0.3) is 5.91 Å². The first-order chi connectivity index (χ1) is 11.4. The van der Waals surface area contributed by atoms with E-state index in [1.165, 1.54) is 0 Å². The third-order valence-corrected chi connectivity index (χ3v) is 3.90. The Morgan fingerprint density at radius 3 is 2.33 bits per heavy atom. The highest BCUT2D eigenvalue weighted by molar-refractivity contribution is 5.99. The second-order valence-electron chi connectivity index (χ2n) is 6.61. The van der Waals surface area contributed by atoms with Crippen molar-refractivity contribution in [1.82, 2.24) is 5.32 Å². The number of nitrogens with one attached hydrogen (secondary N) is 2. The number of carbonyl (C=O) groups is 2. The maximum absolute atomic E-state index is 12.3. The molecule has 2 amide bonds. The van der Waals surface area contributed by atoms with Crippen LogP contribution < -0.4 is 16.4 Å². The van der Waals surface area contributed by atoms with Crippen molar-refractivity contribution in [2.75, 3.05) is 5.32 Å². The van der Waals surface area contributed by atoms with Crippen molar-refractivity contribution in [3.63, 3.8) is 0 Å². The van der Waals surface area contributed by atoms with Gasteiger partial charge in [0.1, 0.15) is 6.04 Å². The molecule has 5 heteroatoms. The zero-order chi connectivity index (χ0) is 17.7. The van der Waals surface area contributed by atoms with Crippen LogP contribution in [0.5, 0.6) is 0 Å². The molecule has 0 aliphatic heterocycles. The van der Waals surface area contributed by atoms with Gasteiger partial charge in [-0.1, -0.05) is 44.2 Å². The maximum atomic E-state index is 12.3. The third-order valence-electron chi connectivity index (χ3n) is 3.90. The molecule has 128 valence electrons. The van der Waals surface area contributed by atoms with Crippen molar-refractivity contribution in [2.45, 2.75) is 39.3 Å². The fraction of sp³-hybridized carbons (Fsp3) is 0.368. The Bertz CT molecular complexity index is 727. The second kappa shape index (κ2) is 7.93. The van der Waals surface area contributed by atoms with Gasteiger partial charge in [-0.15, -0.1) is 0 Å². The molecule has 0 saturated heterocycles. The molecule has 0 aliphatic rings.